The SMILES string of the molecule is COCCN1CCN(Cc2cccc(OCC(N)=O)c2)C[C@H]1C. The molecule has 0 spiro atoms. The molecule has 1 aliphatic heterocycles. The van der Waals surface area contributed by atoms with Gasteiger partial charge < -0.3 is 15.2 Å². The van der Waals surface area contributed by atoms with Gasteiger partial charge in [0.05, 0.1) is 6.61 Å². The minimum Gasteiger partial charge on any atom is -0.484 e. The van der Waals surface area contributed by atoms with Crippen LogP contribution < -0.4 is 10.5 Å². The molecule has 0 unspecified atom stereocenters. The molecule has 1 aromatic carbocycles. The molecule has 6 nitrogen and oxygen atoms in total. The molecule has 0 bridgehead atoms. The Kier molecular flexibility index (Phi) is 6.83. The summed E-state index contributed by atoms with van der Waals surface area (Å²) in [6, 6.07) is 8.37. The van der Waals surface area contributed by atoms with E-state index in [1.807, 2.05) is 18.2 Å². The number of primary amides is 1. The molecule has 2 rings (SSSR count). The molecule has 0 aliphatic carbocycles. The Morgan fingerprint density at radius 2 is 2.22 bits per heavy atom. The van der Waals surface area contributed by atoms with Gasteiger partial charge in [-0.2, -0.15) is 0 Å². The Balaban J connectivity index is 1.85. The monoisotopic (exact) mass is 321 g/mol. The second-order valence-electron chi connectivity index (χ2n) is 6.02. The minimum absolute atomic E-state index is 0.0847. The van der Waals surface area contributed by atoms with E-state index in [0.29, 0.717) is 11.8 Å². The quantitative estimate of drug-likeness (QED) is 0.763. The number of piperazine rings is 1. The predicted octanol–water partition coefficient (Wildman–Crippen LogP) is 0.703. The van der Waals surface area contributed by atoms with Crippen LogP contribution in [0.15, 0.2) is 24.3 Å². The number of amides is 1. The molecule has 1 fully saturated rings. The van der Waals surface area contributed by atoms with Gasteiger partial charge in [-0.15, -0.1) is 0 Å². The summed E-state index contributed by atoms with van der Waals surface area (Å²) >= 11 is 0. The Labute approximate surface area is 138 Å². The number of benzene rings is 1. The predicted molar refractivity (Wildman–Crippen MR) is 89.3 cm³/mol. The van der Waals surface area contributed by atoms with Crippen LogP contribution in [0.5, 0.6) is 5.75 Å². The molecule has 23 heavy (non-hydrogen) atoms. The summed E-state index contributed by atoms with van der Waals surface area (Å²) in [5.41, 5.74) is 6.29. The van der Waals surface area contributed by atoms with Gasteiger partial charge in [0.15, 0.2) is 6.61 Å². The van der Waals surface area contributed by atoms with Gasteiger partial charge in [0.25, 0.3) is 5.91 Å². The maximum absolute atomic E-state index is 10.8. The number of hydrogen-bond acceptors (Lipinski definition) is 5. The molecule has 1 aliphatic rings. The average molecular weight is 321 g/mol. The van der Waals surface area contributed by atoms with Crippen molar-refractivity contribution < 1.29 is 14.3 Å². The van der Waals surface area contributed by atoms with Crippen LogP contribution in [0.25, 0.3) is 0 Å². The molecule has 1 amide bonds. The normalized spacial score (nSPS) is 19.7. The first kappa shape index (κ1) is 17.7. The zero-order valence-electron chi connectivity index (χ0n) is 14.0. The molecular formula is C17H27N3O3. The number of carbonyl (C=O) groups is 1. The number of nitrogens with zero attached hydrogens (tertiary/aromatic N) is 2. The number of nitrogens with two attached hydrogens (primary N) is 1. The van der Waals surface area contributed by atoms with Crippen LogP contribution in [0.2, 0.25) is 0 Å². The van der Waals surface area contributed by atoms with Gasteiger partial charge in [0, 0.05) is 45.9 Å². The molecule has 128 valence electrons. The highest BCUT2D eigenvalue weighted by atomic mass is 16.5. The topological polar surface area (TPSA) is 68.0 Å². The van der Waals surface area contributed by atoms with Crippen LogP contribution in [0.4, 0.5) is 0 Å². The lowest BCUT2D eigenvalue weighted by atomic mass is 10.1. The smallest absolute Gasteiger partial charge is 0.255 e. The third-order valence-corrected chi connectivity index (χ3v) is 4.12. The van der Waals surface area contributed by atoms with Crippen LogP contribution in [0, 0.1) is 0 Å². The zero-order valence-corrected chi connectivity index (χ0v) is 14.0. The fourth-order valence-corrected chi connectivity index (χ4v) is 2.90. The van der Waals surface area contributed by atoms with E-state index in [0.717, 1.165) is 39.3 Å². The molecular weight excluding hydrogens is 294 g/mol. The minimum atomic E-state index is -0.462. The van der Waals surface area contributed by atoms with Crippen molar-refractivity contribution in [1.29, 1.82) is 0 Å². The second kappa shape index (κ2) is 8.86. The van der Waals surface area contributed by atoms with Gasteiger partial charge in [-0.05, 0) is 24.6 Å². The van der Waals surface area contributed by atoms with Crippen molar-refractivity contribution >= 4 is 5.91 Å². The lowest BCUT2D eigenvalue weighted by Gasteiger charge is -2.39. The van der Waals surface area contributed by atoms with Gasteiger partial charge in [-0.1, -0.05) is 12.1 Å². The number of carbonyl (C=O) groups excluding carboxylic acids is 1. The number of rotatable bonds is 8. The fourth-order valence-electron chi connectivity index (χ4n) is 2.90. The molecule has 1 atom stereocenters. The van der Waals surface area contributed by atoms with Crippen molar-refractivity contribution in [2.24, 2.45) is 5.73 Å². The first-order valence-electron chi connectivity index (χ1n) is 8.04. The van der Waals surface area contributed by atoms with E-state index in [1.165, 1.54) is 5.56 Å². The molecule has 0 aromatic heterocycles. The van der Waals surface area contributed by atoms with E-state index < -0.39 is 5.91 Å². The van der Waals surface area contributed by atoms with Crippen molar-refractivity contribution in [1.82, 2.24) is 9.80 Å². The molecule has 1 saturated heterocycles. The van der Waals surface area contributed by atoms with Crippen LogP contribution in [-0.2, 0) is 16.1 Å². The van der Waals surface area contributed by atoms with E-state index in [4.69, 9.17) is 15.2 Å². The van der Waals surface area contributed by atoms with Gasteiger partial charge in [-0.3, -0.25) is 14.6 Å². The van der Waals surface area contributed by atoms with Gasteiger partial charge in [0.2, 0.25) is 0 Å². The van der Waals surface area contributed by atoms with Crippen molar-refractivity contribution in [2.45, 2.75) is 19.5 Å². The lowest BCUT2D eigenvalue weighted by molar-refractivity contribution is -0.119. The van der Waals surface area contributed by atoms with Gasteiger partial charge in [-0.25, -0.2) is 0 Å². The Bertz CT molecular complexity index is 510. The Hall–Kier alpha value is -1.63. The first-order chi connectivity index (χ1) is 11.1. The summed E-state index contributed by atoms with van der Waals surface area (Å²) in [7, 11) is 1.74. The number of hydrogen-bond donors (Lipinski definition) is 1. The summed E-state index contributed by atoms with van der Waals surface area (Å²) in [6.45, 7) is 7.97. The van der Waals surface area contributed by atoms with E-state index >= 15 is 0 Å². The largest absolute Gasteiger partial charge is 0.484 e. The number of ether oxygens (including phenoxy) is 2. The zero-order chi connectivity index (χ0) is 16.7. The Morgan fingerprint density at radius 1 is 1.39 bits per heavy atom. The second-order valence-corrected chi connectivity index (χ2v) is 6.02. The van der Waals surface area contributed by atoms with Crippen LogP contribution in [0.1, 0.15) is 12.5 Å². The van der Waals surface area contributed by atoms with Crippen molar-refractivity contribution in [2.75, 3.05) is 46.5 Å². The standard InChI is InChI=1S/C17H27N3O3/c1-14-11-19(6-7-20(14)8-9-22-2)12-15-4-3-5-16(10-15)23-13-17(18)21/h3-5,10,14H,6-9,11-13H2,1-2H3,(H2,18,21)/t14-/m1/s1. The van der Waals surface area contributed by atoms with Crippen molar-refractivity contribution in [3.8, 4) is 5.75 Å². The number of methoxy groups -OCH3 is 1. The molecule has 6 heteroatoms. The van der Waals surface area contributed by atoms with E-state index in [9.17, 15) is 4.79 Å². The lowest BCUT2D eigenvalue weighted by Crippen LogP contribution is -2.52. The third kappa shape index (κ3) is 5.82. The molecule has 1 heterocycles. The third-order valence-electron chi connectivity index (χ3n) is 4.12. The summed E-state index contributed by atoms with van der Waals surface area (Å²) in [5, 5.41) is 0. The van der Waals surface area contributed by atoms with Crippen LogP contribution in [-0.4, -0.2) is 68.3 Å². The Morgan fingerprint density at radius 3 is 2.91 bits per heavy atom. The summed E-state index contributed by atoms with van der Waals surface area (Å²) in [4.78, 5) is 15.7. The molecule has 0 saturated carbocycles. The van der Waals surface area contributed by atoms with Crippen LogP contribution >= 0.6 is 0 Å². The van der Waals surface area contributed by atoms with Gasteiger partial charge in [0.1, 0.15) is 5.75 Å². The summed E-state index contributed by atoms with van der Waals surface area (Å²) in [5.74, 6) is 0.226. The maximum Gasteiger partial charge on any atom is 0.255 e. The highest BCUT2D eigenvalue weighted by Crippen LogP contribution is 2.17. The van der Waals surface area contributed by atoms with E-state index in [1.54, 1.807) is 7.11 Å². The maximum atomic E-state index is 10.8. The fraction of sp³-hybridized carbons (Fsp3) is 0.588. The van der Waals surface area contributed by atoms with E-state index in [-0.39, 0.29) is 6.61 Å². The van der Waals surface area contributed by atoms with Crippen molar-refractivity contribution in [3.05, 3.63) is 29.8 Å². The molecule has 1 aromatic rings. The van der Waals surface area contributed by atoms with Crippen molar-refractivity contribution in [3.63, 3.8) is 0 Å². The van der Waals surface area contributed by atoms with Gasteiger partial charge >= 0.3 is 0 Å². The van der Waals surface area contributed by atoms with Crippen LogP contribution in [0.3, 0.4) is 0 Å². The average Bonchev–Trinajstić information content (AvgIpc) is 2.52. The first-order valence-corrected chi connectivity index (χ1v) is 8.04. The highest BCUT2D eigenvalue weighted by Gasteiger charge is 2.23. The highest BCUT2D eigenvalue weighted by molar-refractivity contribution is 5.75. The molecule has 2 N–H and O–H groups in total. The summed E-state index contributed by atoms with van der Waals surface area (Å²) in [6.07, 6.45) is 0. The molecule has 0 radical (unpaired) electrons. The summed E-state index contributed by atoms with van der Waals surface area (Å²) < 4.78 is 10.5. The van der Waals surface area contributed by atoms with E-state index in [2.05, 4.69) is 22.8 Å².